The summed E-state index contributed by atoms with van der Waals surface area (Å²) in [5, 5.41) is 10.1. The fourth-order valence-corrected chi connectivity index (χ4v) is 2.28. The number of hydrogen-bond donors (Lipinski definition) is 3. The molecule has 0 spiro atoms. The van der Waals surface area contributed by atoms with Crippen LogP contribution in [0, 0.1) is 0 Å². The Kier molecular flexibility index (Phi) is 4.06. The molecule has 0 aliphatic heterocycles. The molecule has 0 aromatic heterocycles. The molecule has 0 radical (unpaired) electrons. The normalized spacial score (nSPS) is 11.1. The maximum Gasteiger partial charge on any atom is 1.00 e. The van der Waals surface area contributed by atoms with Crippen LogP contribution in [0.25, 0.3) is 10.8 Å². The van der Waals surface area contributed by atoms with Crippen molar-refractivity contribution >= 4 is 26.6 Å². The first-order valence-corrected chi connectivity index (χ1v) is 5.83. The predicted octanol–water partition coefficient (Wildman–Crippen LogP) is -1.51. The first-order chi connectivity index (χ1) is 7.41. The maximum absolute atomic E-state index is 11.1. The van der Waals surface area contributed by atoms with Crippen molar-refractivity contribution in [2.75, 3.05) is 5.73 Å². The Labute approximate surface area is 122 Å². The third kappa shape index (κ3) is 2.56. The van der Waals surface area contributed by atoms with Crippen LogP contribution in [0.3, 0.4) is 0 Å². The third-order valence-corrected chi connectivity index (χ3v) is 3.20. The minimum Gasteiger partial charge on any atom is -1.00 e. The zero-order chi connectivity index (χ0) is 11.9. The maximum atomic E-state index is 11.1. The van der Waals surface area contributed by atoms with E-state index < -0.39 is 10.1 Å². The molecule has 0 bridgehead atoms. The number of phenolic OH excluding ortho intramolecular Hbond substituents is 1. The van der Waals surface area contributed by atoms with E-state index in [4.69, 9.17) is 10.3 Å². The molecule has 7 heteroatoms. The Morgan fingerprint density at radius 1 is 1.18 bits per heavy atom. The van der Waals surface area contributed by atoms with E-state index in [9.17, 15) is 13.5 Å². The molecule has 4 N–H and O–H groups in total. The van der Waals surface area contributed by atoms with Crippen LogP contribution < -0.4 is 35.3 Å². The van der Waals surface area contributed by atoms with Crippen LogP contribution >= 0.6 is 0 Å². The molecule has 0 saturated carbocycles. The van der Waals surface area contributed by atoms with E-state index in [0.717, 1.165) is 6.07 Å². The van der Waals surface area contributed by atoms with Gasteiger partial charge in [0.25, 0.3) is 10.1 Å². The van der Waals surface area contributed by atoms with E-state index in [1.54, 1.807) is 18.2 Å². The Morgan fingerprint density at radius 3 is 2.24 bits per heavy atom. The van der Waals surface area contributed by atoms with E-state index in [0.29, 0.717) is 5.39 Å². The van der Waals surface area contributed by atoms with Crippen LogP contribution in [-0.2, 0) is 10.1 Å². The van der Waals surface area contributed by atoms with Gasteiger partial charge in [0.1, 0.15) is 10.6 Å². The summed E-state index contributed by atoms with van der Waals surface area (Å²) in [4.78, 5) is -0.352. The van der Waals surface area contributed by atoms with E-state index in [-0.39, 0.29) is 52.7 Å². The molecule has 0 fully saturated rings. The summed E-state index contributed by atoms with van der Waals surface area (Å²) in [6.07, 6.45) is 0. The Balaban J connectivity index is 0.00000144. The number of phenols is 1. The molecule has 2 rings (SSSR count). The molecule has 17 heavy (non-hydrogen) atoms. The Hall–Kier alpha value is -0.790. The van der Waals surface area contributed by atoms with E-state index in [1.807, 2.05) is 0 Å². The second-order valence-electron chi connectivity index (χ2n) is 3.33. The number of rotatable bonds is 1. The van der Waals surface area contributed by atoms with Crippen molar-refractivity contribution in [2.45, 2.75) is 4.90 Å². The summed E-state index contributed by atoms with van der Waals surface area (Å²) in [6.45, 7) is 0. The van der Waals surface area contributed by atoms with E-state index in [2.05, 4.69) is 0 Å². The molecule has 2 aromatic rings. The molecular formula is C10H10NNaO4S. The Morgan fingerprint density at radius 2 is 1.71 bits per heavy atom. The second-order valence-corrected chi connectivity index (χ2v) is 4.72. The van der Waals surface area contributed by atoms with Crippen LogP contribution in [0.4, 0.5) is 5.69 Å². The molecule has 0 unspecified atom stereocenters. The van der Waals surface area contributed by atoms with Crippen LogP contribution in [-0.4, -0.2) is 18.1 Å². The average Bonchev–Trinajstić information content (AvgIpc) is 2.22. The smallest absolute Gasteiger partial charge is 1.00 e. The van der Waals surface area contributed by atoms with Gasteiger partial charge in [-0.25, -0.2) is 0 Å². The first kappa shape index (κ1) is 14.3. The van der Waals surface area contributed by atoms with Gasteiger partial charge in [0.05, 0.1) is 5.69 Å². The number of anilines is 1. The van der Waals surface area contributed by atoms with Crippen molar-refractivity contribution in [1.82, 2.24) is 0 Å². The first-order valence-electron chi connectivity index (χ1n) is 4.39. The molecular weight excluding hydrogens is 253 g/mol. The van der Waals surface area contributed by atoms with Crippen LogP contribution in [0.2, 0.25) is 0 Å². The number of benzene rings is 2. The number of aromatic hydroxyl groups is 1. The molecule has 86 valence electrons. The summed E-state index contributed by atoms with van der Waals surface area (Å²) in [5.41, 5.74) is 5.69. The van der Waals surface area contributed by atoms with E-state index >= 15 is 0 Å². The molecule has 0 heterocycles. The van der Waals surface area contributed by atoms with Gasteiger partial charge in [-0.05, 0) is 0 Å². The van der Waals surface area contributed by atoms with Gasteiger partial charge in [-0.2, -0.15) is 8.42 Å². The third-order valence-electron chi connectivity index (χ3n) is 2.30. The number of nitrogens with two attached hydrogens (primary N) is 1. The SMILES string of the molecule is Nc1c(O)cc(S(=O)(=O)O)c2ccccc12.[H-].[Na+]. The minimum absolute atomic E-state index is 0. The zero-order valence-corrected chi connectivity index (χ0v) is 11.9. The van der Waals surface area contributed by atoms with Gasteiger partial charge >= 0.3 is 29.6 Å². The number of nitrogen functional groups attached to an aromatic ring is 1. The standard InChI is InChI=1S/C10H9NO4S.Na.H/c11-10-7-4-2-1-3-6(7)9(5-8(10)12)16(13,14)15;;/h1-5,12H,11H2,(H,13,14,15);;/q;+1;-1. The fourth-order valence-electron chi connectivity index (χ4n) is 1.56. The van der Waals surface area contributed by atoms with Crippen molar-refractivity contribution in [3.05, 3.63) is 30.3 Å². The van der Waals surface area contributed by atoms with Crippen molar-refractivity contribution < 1.29 is 49.1 Å². The van der Waals surface area contributed by atoms with Crippen LogP contribution in [0.1, 0.15) is 1.43 Å². The number of hydrogen-bond acceptors (Lipinski definition) is 4. The van der Waals surface area contributed by atoms with Gasteiger partial charge in [0.2, 0.25) is 0 Å². The van der Waals surface area contributed by atoms with Gasteiger partial charge < -0.3 is 12.3 Å². The molecule has 0 aliphatic carbocycles. The topological polar surface area (TPSA) is 101 Å². The quantitative estimate of drug-likeness (QED) is 0.251. The van der Waals surface area contributed by atoms with Crippen LogP contribution in [0.15, 0.2) is 35.2 Å². The molecule has 0 amide bonds. The van der Waals surface area contributed by atoms with Crippen LogP contribution in [0.5, 0.6) is 5.75 Å². The molecule has 0 aliphatic rings. The van der Waals surface area contributed by atoms with Gasteiger partial charge in [0.15, 0.2) is 0 Å². The van der Waals surface area contributed by atoms with Gasteiger partial charge in [-0.3, -0.25) is 4.55 Å². The second kappa shape index (κ2) is 4.83. The summed E-state index contributed by atoms with van der Waals surface area (Å²) >= 11 is 0. The zero-order valence-electron chi connectivity index (χ0n) is 10.1. The largest absolute Gasteiger partial charge is 1.00 e. The van der Waals surface area contributed by atoms with Crippen molar-refractivity contribution in [1.29, 1.82) is 0 Å². The van der Waals surface area contributed by atoms with Crippen molar-refractivity contribution in [3.8, 4) is 5.75 Å². The summed E-state index contributed by atoms with van der Waals surface area (Å²) < 4.78 is 31.3. The summed E-state index contributed by atoms with van der Waals surface area (Å²) in [5.74, 6) is -0.369. The van der Waals surface area contributed by atoms with Gasteiger partial charge in [-0.1, -0.05) is 24.3 Å². The molecule has 5 nitrogen and oxygen atoms in total. The summed E-state index contributed by atoms with van der Waals surface area (Å²) in [7, 11) is -4.38. The van der Waals surface area contributed by atoms with E-state index in [1.165, 1.54) is 6.07 Å². The molecule has 0 atom stereocenters. The fraction of sp³-hybridized carbons (Fsp3) is 0. The molecule has 0 saturated heterocycles. The monoisotopic (exact) mass is 263 g/mol. The summed E-state index contributed by atoms with van der Waals surface area (Å²) in [6, 6.07) is 7.29. The minimum atomic E-state index is -4.38. The average molecular weight is 263 g/mol. The predicted molar refractivity (Wildman–Crippen MR) is 61.0 cm³/mol. The van der Waals surface area contributed by atoms with Gasteiger partial charge in [-0.15, -0.1) is 0 Å². The molecule has 2 aromatic carbocycles. The Bertz CT molecular complexity index is 675. The number of fused-ring (bicyclic) bond motifs is 1. The van der Waals surface area contributed by atoms with Crippen molar-refractivity contribution in [3.63, 3.8) is 0 Å². The van der Waals surface area contributed by atoms with Crippen molar-refractivity contribution in [2.24, 2.45) is 0 Å². The van der Waals surface area contributed by atoms with Gasteiger partial charge in [0, 0.05) is 16.8 Å².